The van der Waals surface area contributed by atoms with Gasteiger partial charge in [0.15, 0.2) is 0 Å². The van der Waals surface area contributed by atoms with Gasteiger partial charge in [0.1, 0.15) is 5.76 Å². The fourth-order valence-corrected chi connectivity index (χ4v) is 2.23. The number of aliphatic hydroxyl groups excluding tert-OH is 1. The van der Waals surface area contributed by atoms with Gasteiger partial charge in [-0.1, -0.05) is 0 Å². The highest BCUT2D eigenvalue weighted by atomic mass is 16.3. The summed E-state index contributed by atoms with van der Waals surface area (Å²) in [5, 5.41) is 12.2. The molecule has 0 radical (unpaired) electrons. The van der Waals surface area contributed by atoms with Gasteiger partial charge in [0.05, 0.1) is 12.4 Å². The molecular formula is C15H20N2O4. The maximum Gasteiger partial charge on any atom is 0.244 e. The predicted octanol–water partition coefficient (Wildman–Crippen LogP) is 0.782. The highest BCUT2D eigenvalue weighted by molar-refractivity contribution is 5.91. The second-order valence-corrected chi connectivity index (χ2v) is 5.03. The zero-order chi connectivity index (χ0) is 15.1. The molecule has 2 amide bonds. The second kappa shape index (κ2) is 7.64. The Kier molecular flexibility index (Phi) is 5.57. The third-order valence-electron chi connectivity index (χ3n) is 3.33. The molecule has 1 aromatic heterocycles. The van der Waals surface area contributed by atoms with Crippen LogP contribution in [0.4, 0.5) is 0 Å². The number of carbonyl (C=O) groups excluding carboxylic acids is 2. The number of hydrogen-bond donors (Lipinski definition) is 2. The molecule has 2 rings (SSSR count). The summed E-state index contributed by atoms with van der Waals surface area (Å²) < 4.78 is 5.06. The Morgan fingerprint density at radius 1 is 1.52 bits per heavy atom. The number of rotatable bonds is 5. The third kappa shape index (κ3) is 5.07. The number of furan rings is 1. The number of amides is 2. The smallest absolute Gasteiger partial charge is 0.244 e. The second-order valence-electron chi connectivity index (χ2n) is 5.03. The van der Waals surface area contributed by atoms with Crippen molar-refractivity contribution >= 4 is 17.9 Å². The lowest BCUT2D eigenvalue weighted by atomic mass is 10.1. The molecule has 1 aromatic rings. The van der Waals surface area contributed by atoms with E-state index in [2.05, 4.69) is 5.32 Å². The van der Waals surface area contributed by atoms with Crippen LogP contribution in [0.25, 0.3) is 6.08 Å². The van der Waals surface area contributed by atoms with E-state index in [9.17, 15) is 14.7 Å². The Morgan fingerprint density at radius 3 is 3.10 bits per heavy atom. The summed E-state index contributed by atoms with van der Waals surface area (Å²) >= 11 is 0. The Morgan fingerprint density at radius 2 is 2.38 bits per heavy atom. The number of aliphatic hydroxyl groups is 1. The summed E-state index contributed by atoms with van der Waals surface area (Å²) in [4.78, 5) is 25.1. The summed E-state index contributed by atoms with van der Waals surface area (Å²) in [7, 11) is 0. The molecule has 1 unspecified atom stereocenters. The first-order valence-electron chi connectivity index (χ1n) is 7.10. The number of piperidine rings is 1. The lowest BCUT2D eigenvalue weighted by molar-refractivity contribution is -0.134. The highest BCUT2D eigenvalue weighted by Crippen LogP contribution is 2.10. The van der Waals surface area contributed by atoms with E-state index < -0.39 is 6.10 Å². The standard InChI is InChI=1S/C15H20N2O4/c18-12-3-1-9-17(11-12)15(20)7-8-16-14(19)6-5-13-4-2-10-21-13/h2,4-6,10,12,18H,1,3,7-9,11H2,(H,16,19)/b6-5+. The number of β-amino-alcohol motifs (C(OH)–C–C–N with tert-alkyl or cyclic N) is 1. The summed E-state index contributed by atoms with van der Waals surface area (Å²) in [5.41, 5.74) is 0. The Bertz CT molecular complexity index is 496. The van der Waals surface area contributed by atoms with Crippen LogP contribution in [0.2, 0.25) is 0 Å². The molecule has 0 spiro atoms. The lowest BCUT2D eigenvalue weighted by Gasteiger charge is -2.30. The molecule has 6 heteroatoms. The van der Waals surface area contributed by atoms with Gasteiger partial charge in [0.2, 0.25) is 11.8 Å². The van der Waals surface area contributed by atoms with Crippen LogP contribution in [0, 0.1) is 0 Å². The van der Waals surface area contributed by atoms with E-state index >= 15 is 0 Å². The number of likely N-dealkylation sites (tertiary alicyclic amines) is 1. The highest BCUT2D eigenvalue weighted by Gasteiger charge is 2.21. The molecule has 114 valence electrons. The summed E-state index contributed by atoms with van der Waals surface area (Å²) in [5.74, 6) is 0.297. The molecule has 1 atom stereocenters. The van der Waals surface area contributed by atoms with Gasteiger partial charge in [-0.15, -0.1) is 0 Å². The molecule has 21 heavy (non-hydrogen) atoms. The van der Waals surface area contributed by atoms with Crippen LogP contribution in [0.3, 0.4) is 0 Å². The topological polar surface area (TPSA) is 82.8 Å². The molecule has 6 nitrogen and oxygen atoms in total. The quantitative estimate of drug-likeness (QED) is 0.786. The van der Waals surface area contributed by atoms with Crippen LogP contribution < -0.4 is 5.32 Å². The maximum atomic E-state index is 11.9. The monoisotopic (exact) mass is 292 g/mol. The van der Waals surface area contributed by atoms with Crippen molar-refractivity contribution in [3.05, 3.63) is 30.2 Å². The minimum absolute atomic E-state index is 0.0379. The number of hydrogen-bond acceptors (Lipinski definition) is 4. The van der Waals surface area contributed by atoms with Crippen molar-refractivity contribution in [3.8, 4) is 0 Å². The first kappa shape index (κ1) is 15.3. The average Bonchev–Trinajstić information content (AvgIpc) is 2.98. The molecule has 0 saturated carbocycles. The Labute approximate surface area is 123 Å². The zero-order valence-corrected chi connectivity index (χ0v) is 11.8. The van der Waals surface area contributed by atoms with Crippen molar-refractivity contribution in [2.24, 2.45) is 0 Å². The fourth-order valence-electron chi connectivity index (χ4n) is 2.23. The predicted molar refractivity (Wildman–Crippen MR) is 77.2 cm³/mol. The third-order valence-corrected chi connectivity index (χ3v) is 3.33. The van der Waals surface area contributed by atoms with E-state index in [0.29, 0.717) is 18.8 Å². The van der Waals surface area contributed by atoms with Crippen LogP contribution in [0.5, 0.6) is 0 Å². The zero-order valence-electron chi connectivity index (χ0n) is 11.8. The minimum Gasteiger partial charge on any atom is -0.465 e. The van der Waals surface area contributed by atoms with Crippen molar-refractivity contribution in [1.29, 1.82) is 0 Å². The molecule has 1 saturated heterocycles. The van der Waals surface area contributed by atoms with Crippen molar-refractivity contribution in [1.82, 2.24) is 10.2 Å². The number of carbonyl (C=O) groups is 2. The molecular weight excluding hydrogens is 272 g/mol. The van der Waals surface area contributed by atoms with Crippen LogP contribution >= 0.6 is 0 Å². The molecule has 1 fully saturated rings. The van der Waals surface area contributed by atoms with E-state index in [1.165, 1.54) is 12.3 Å². The van der Waals surface area contributed by atoms with Gasteiger partial charge in [0.25, 0.3) is 0 Å². The molecule has 0 aromatic carbocycles. The molecule has 2 N–H and O–H groups in total. The first-order valence-corrected chi connectivity index (χ1v) is 7.10. The summed E-state index contributed by atoms with van der Waals surface area (Å²) in [6.07, 6.45) is 5.86. The Balaban J connectivity index is 1.66. The fraction of sp³-hybridized carbons (Fsp3) is 0.467. The van der Waals surface area contributed by atoms with Crippen LogP contribution in [-0.4, -0.2) is 47.6 Å². The summed E-state index contributed by atoms with van der Waals surface area (Å²) in [6.45, 7) is 1.36. The Hall–Kier alpha value is -2.08. The maximum absolute atomic E-state index is 11.9. The van der Waals surface area contributed by atoms with Gasteiger partial charge in [-0.3, -0.25) is 9.59 Å². The number of nitrogens with one attached hydrogen (secondary N) is 1. The largest absolute Gasteiger partial charge is 0.465 e. The normalized spacial score (nSPS) is 18.9. The van der Waals surface area contributed by atoms with Crippen molar-refractivity contribution in [2.75, 3.05) is 19.6 Å². The minimum atomic E-state index is -0.423. The summed E-state index contributed by atoms with van der Waals surface area (Å²) in [6, 6.07) is 3.48. The molecule has 2 heterocycles. The van der Waals surface area contributed by atoms with Crippen LogP contribution in [0.1, 0.15) is 25.0 Å². The van der Waals surface area contributed by atoms with Gasteiger partial charge in [-0.05, 0) is 31.1 Å². The average molecular weight is 292 g/mol. The molecule has 1 aliphatic rings. The van der Waals surface area contributed by atoms with E-state index in [1.807, 2.05) is 0 Å². The van der Waals surface area contributed by atoms with Gasteiger partial charge in [-0.2, -0.15) is 0 Å². The van der Waals surface area contributed by atoms with Gasteiger partial charge in [-0.25, -0.2) is 0 Å². The van der Waals surface area contributed by atoms with E-state index in [-0.39, 0.29) is 24.8 Å². The molecule has 0 bridgehead atoms. The van der Waals surface area contributed by atoms with E-state index in [0.717, 1.165) is 12.8 Å². The van der Waals surface area contributed by atoms with E-state index in [1.54, 1.807) is 23.1 Å². The number of nitrogens with zero attached hydrogens (tertiary/aromatic N) is 1. The molecule has 0 aliphatic carbocycles. The van der Waals surface area contributed by atoms with Gasteiger partial charge >= 0.3 is 0 Å². The van der Waals surface area contributed by atoms with Crippen molar-refractivity contribution in [2.45, 2.75) is 25.4 Å². The van der Waals surface area contributed by atoms with Crippen LogP contribution in [0.15, 0.2) is 28.9 Å². The van der Waals surface area contributed by atoms with Crippen molar-refractivity contribution in [3.63, 3.8) is 0 Å². The lowest BCUT2D eigenvalue weighted by Crippen LogP contribution is -2.43. The van der Waals surface area contributed by atoms with E-state index in [4.69, 9.17) is 4.42 Å². The molecule has 1 aliphatic heterocycles. The first-order chi connectivity index (χ1) is 10.1. The van der Waals surface area contributed by atoms with Crippen molar-refractivity contribution < 1.29 is 19.1 Å². The van der Waals surface area contributed by atoms with Gasteiger partial charge in [0, 0.05) is 32.1 Å². The SMILES string of the molecule is O=C(/C=C/c1ccco1)NCCC(=O)N1CCCC(O)C1. The van der Waals surface area contributed by atoms with Gasteiger partial charge < -0.3 is 19.7 Å². The van der Waals surface area contributed by atoms with Crippen LogP contribution in [-0.2, 0) is 9.59 Å².